The minimum Gasteiger partial charge on any atom is -0.357 e. The number of piperidine rings is 1. The lowest BCUT2D eigenvalue weighted by Gasteiger charge is -2.33. The Kier molecular flexibility index (Phi) is 4.59. The molecule has 1 aromatic heterocycles. The van der Waals surface area contributed by atoms with Gasteiger partial charge in [-0.25, -0.2) is 0 Å². The Bertz CT molecular complexity index is 741. The molecule has 2 aromatic rings. The SMILES string of the molecule is CNC(=O)[C@@H]1CCCCN1C(=O)c1nn(-c2ccccc2)nc1C. The zero-order valence-electron chi connectivity index (χ0n) is 13.9. The normalized spacial score (nSPS) is 17.6. The second-order valence-corrected chi connectivity index (χ2v) is 5.88. The van der Waals surface area contributed by atoms with Gasteiger partial charge in [-0.2, -0.15) is 9.90 Å². The Labute approximate surface area is 140 Å². The van der Waals surface area contributed by atoms with Crippen LogP contribution in [0.1, 0.15) is 35.4 Å². The maximum atomic E-state index is 12.9. The van der Waals surface area contributed by atoms with Crippen LogP contribution in [-0.2, 0) is 4.79 Å². The first-order valence-electron chi connectivity index (χ1n) is 8.13. The monoisotopic (exact) mass is 327 g/mol. The number of likely N-dealkylation sites (tertiary alicyclic amines) is 1. The molecule has 1 aromatic carbocycles. The number of aromatic nitrogens is 3. The molecule has 2 amide bonds. The second kappa shape index (κ2) is 6.82. The third kappa shape index (κ3) is 3.02. The molecule has 7 heteroatoms. The van der Waals surface area contributed by atoms with E-state index in [0.717, 1.165) is 18.5 Å². The van der Waals surface area contributed by atoms with Gasteiger partial charge in [-0.1, -0.05) is 18.2 Å². The highest BCUT2D eigenvalue weighted by atomic mass is 16.2. The average Bonchev–Trinajstić information content (AvgIpc) is 3.03. The van der Waals surface area contributed by atoms with Gasteiger partial charge in [0.05, 0.1) is 11.4 Å². The van der Waals surface area contributed by atoms with E-state index in [1.165, 1.54) is 4.80 Å². The first-order chi connectivity index (χ1) is 11.6. The highest BCUT2D eigenvalue weighted by Gasteiger charge is 2.34. The van der Waals surface area contributed by atoms with E-state index in [2.05, 4.69) is 15.5 Å². The maximum Gasteiger partial charge on any atom is 0.277 e. The van der Waals surface area contributed by atoms with Gasteiger partial charge in [0.1, 0.15) is 6.04 Å². The first kappa shape index (κ1) is 16.2. The number of likely N-dealkylation sites (N-methyl/N-ethyl adjacent to an activating group) is 1. The van der Waals surface area contributed by atoms with Crippen molar-refractivity contribution in [2.24, 2.45) is 0 Å². The summed E-state index contributed by atoms with van der Waals surface area (Å²) < 4.78 is 0. The molecule has 126 valence electrons. The summed E-state index contributed by atoms with van der Waals surface area (Å²) in [5.74, 6) is -0.362. The number of benzene rings is 1. The largest absolute Gasteiger partial charge is 0.357 e. The van der Waals surface area contributed by atoms with Crippen molar-refractivity contribution < 1.29 is 9.59 Å². The van der Waals surface area contributed by atoms with Crippen molar-refractivity contribution >= 4 is 11.8 Å². The summed E-state index contributed by atoms with van der Waals surface area (Å²) in [6.07, 6.45) is 2.51. The quantitative estimate of drug-likeness (QED) is 0.922. The van der Waals surface area contributed by atoms with Crippen molar-refractivity contribution in [2.45, 2.75) is 32.2 Å². The van der Waals surface area contributed by atoms with Crippen molar-refractivity contribution in [1.82, 2.24) is 25.2 Å². The van der Waals surface area contributed by atoms with Gasteiger partial charge in [0.25, 0.3) is 5.91 Å². The van der Waals surface area contributed by atoms with Crippen molar-refractivity contribution in [3.8, 4) is 5.69 Å². The Morgan fingerprint density at radius 2 is 1.92 bits per heavy atom. The molecule has 3 rings (SSSR count). The number of carbonyl (C=O) groups is 2. The zero-order chi connectivity index (χ0) is 17.1. The molecule has 7 nitrogen and oxygen atoms in total. The molecule has 0 bridgehead atoms. The fourth-order valence-corrected chi connectivity index (χ4v) is 3.00. The minimum atomic E-state index is -0.433. The lowest BCUT2D eigenvalue weighted by atomic mass is 10.0. The van der Waals surface area contributed by atoms with Gasteiger partial charge >= 0.3 is 0 Å². The number of para-hydroxylation sites is 1. The summed E-state index contributed by atoms with van der Waals surface area (Å²) in [6, 6.07) is 9.01. The predicted octanol–water partition coefficient (Wildman–Crippen LogP) is 1.32. The zero-order valence-corrected chi connectivity index (χ0v) is 13.9. The second-order valence-electron chi connectivity index (χ2n) is 5.88. The third-order valence-electron chi connectivity index (χ3n) is 4.28. The molecule has 1 atom stereocenters. The highest BCUT2D eigenvalue weighted by molar-refractivity contribution is 5.97. The number of aryl methyl sites for hydroxylation is 1. The van der Waals surface area contributed by atoms with Gasteiger partial charge in [0, 0.05) is 13.6 Å². The number of carbonyl (C=O) groups excluding carboxylic acids is 2. The van der Waals surface area contributed by atoms with Crippen LogP contribution in [0.3, 0.4) is 0 Å². The van der Waals surface area contributed by atoms with Gasteiger partial charge < -0.3 is 10.2 Å². The Morgan fingerprint density at radius 1 is 1.17 bits per heavy atom. The molecular formula is C17H21N5O2. The topological polar surface area (TPSA) is 80.1 Å². The van der Waals surface area contributed by atoms with Crippen LogP contribution in [0.2, 0.25) is 0 Å². The summed E-state index contributed by atoms with van der Waals surface area (Å²) in [5, 5.41) is 11.3. The molecule has 0 radical (unpaired) electrons. The first-order valence-corrected chi connectivity index (χ1v) is 8.13. The van der Waals surface area contributed by atoms with E-state index < -0.39 is 6.04 Å². The average molecular weight is 327 g/mol. The number of hydrogen-bond donors (Lipinski definition) is 1. The van der Waals surface area contributed by atoms with E-state index >= 15 is 0 Å². The Balaban J connectivity index is 1.89. The van der Waals surface area contributed by atoms with E-state index in [0.29, 0.717) is 24.4 Å². The van der Waals surface area contributed by atoms with Crippen LogP contribution in [0, 0.1) is 6.92 Å². The molecular weight excluding hydrogens is 306 g/mol. The summed E-state index contributed by atoms with van der Waals surface area (Å²) in [7, 11) is 1.59. The molecule has 0 spiro atoms. The van der Waals surface area contributed by atoms with Gasteiger partial charge in [0.2, 0.25) is 5.91 Å². The van der Waals surface area contributed by atoms with Gasteiger partial charge in [-0.3, -0.25) is 9.59 Å². The van der Waals surface area contributed by atoms with Crippen LogP contribution in [0.4, 0.5) is 0 Å². The highest BCUT2D eigenvalue weighted by Crippen LogP contribution is 2.20. The van der Waals surface area contributed by atoms with Crippen LogP contribution >= 0.6 is 0 Å². The minimum absolute atomic E-state index is 0.129. The smallest absolute Gasteiger partial charge is 0.277 e. The van der Waals surface area contributed by atoms with E-state index in [9.17, 15) is 9.59 Å². The molecule has 0 saturated carbocycles. The molecule has 1 aliphatic heterocycles. The van der Waals surface area contributed by atoms with Crippen molar-refractivity contribution in [3.05, 3.63) is 41.7 Å². The van der Waals surface area contributed by atoms with Crippen molar-refractivity contribution in [1.29, 1.82) is 0 Å². The van der Waals surface area contributed by atoms with Gasteiger partial charge in [-0.05, 0) is 38.3 Å². The standard InChI is InChI=1S/C17H21N5O2/c1-12-15(20-22(19-12)13-8-4-3-5-9-13)17(24)21-11-7-6-10-14(21)16(23)18-2/h3-5,8-9,14H,6-7,10-11H2,1-2H3,(H,18,23)/t14-/m0/s1. The summed E-state index contributed by atoms with van der Waals surface area (Å²) >= 11 is 0. The van der Waals surface area contributed by atoms with E-state index in [-0.39, 0.29) is 11.8 Å². The fraction of sp³-hybridized carbons (Fsp3) is 0.412. The molecule has 2 heterocycles. The molecule has 0 unspecified atom stereocenters. The number of hydrogen-bond acceptors (Lipinski definition) is 4. The number of nitrogens with one attached hydrogen (secondary N) is 1. The number of rotatable bonds is 3. The summed E-state index contributed by atoms with van der Waals surface area (Å²) in [4.78, 5) is 28.1. The molecule has 24 heavy (non-hydrogen) atoms. The van der Waals surface area contributed by atoms with Crippen LogP contribution in [0.15, 0.2) is 30.3 Å². The van der Waals surface area contributed by atoms with Gasteiger partial charge in [-0.15, -0.1) is 5.10 Å². The predicted molar refractivity (Wildman–Crippen MR) is 88.8 cm³/mol. The maximum absolute atomic E-state index is 12.9. The molecule has 1 aliphatic rings. The van der Waals surface area contributed by atoms with E-state index in [1.54, 1.807) is 18.9 Å². The van der Waals surface area contributed by atoms with Crippen LogP contribution < -0.4 is 5.32 Å². The molecule has 1 fully saturated rings. The summed E-state index contributed by atoms with van der Waals surface area (Å²) in [6.45, 7) is 2.33. The van der Waals surface area contributed by atoms with Crippen molar-refractivity contribution in [2.75, 3.05) is 13.6 Å². The lowest BCUT2D eigenvalue weighted by molar-refractivity contribution is -0.126. The molecule has 1 N–H and O–H groups in total. The van der Waals surface area contributed by atoms with E-state index in [4.69, 9.17) is 0 Å². The number of amides is 2. The van der Waals surface area contributed by atoms with E-state index in [1.807, 2.05) is 30.3 Å². The Hall–Kier alpha value is -2.70. The summed E-state index contributed by atoms with van der Waals surface area (Å²) in [5.41, 5.74) is 1.65. The van der Waals surface area contributed by atoms with Crippen LogP contribution in [0.5, 0.6) is 0 Å². The van der Waals surface area contributed by atoms with Crippen molar-refractivity contribution in [3.63, 3.8) is 0 Å². The lowest BCUT2D eigenvalue weighted by Crippen LogP contribution is -2.51. The van der Waals surface area contributed by atoms with Crippen LogP contribution in [0.25, 0.3) is 5.69 Å². The Morgan fingerprint density at radius 3 is 2.62 bits per heavy atom. The molecule has 1 saturated heterocycles. The molecule has 0 aliphatic carbocycles. The number of nitrogens with zero attached hydrogens (tertiary/aromatic N) is 4. The van der Waals surface area contributed by atoms with Gasteiger partial charge in [0.15, 0.2) is 5.69 Å². The fourth-order valence-electron chi connectivity index (χ4n) is 3.00. The third-order valence-corrected chi connectivity index (χ3v) is 4.28. The van der Waals surface area contributed by atoms with Crippen LogP contribution in [-0.4, -0.2) is 51.3 Å².